The van der Waals surface area contributed by atoms with Gasteiger partial charge in [-0.25, -0.2) is 0 Å². The molecule has 2 N–H and O–H groups in total. The molecule has 2 aromatic carbocycles. The van der Waals surface area contributed by atoms with Crippen molar-refractivity contribution in [3.8, 4) is 5.75 Å². The van der Waals surface area contributed by atoms with Crippen molar-refractivity contribution in [1.82, 2.24) is 9.89 Å². The summed E-state index contributed by atoms with van der Waals surface area (Å²) in [5.41, 5.74) is 5.25. The zero-order valence-electron chi connectivity index (χ0n) is 9.74. The summed E-state index contributed by atoms with van der Waals surface area (Å²) in [7, 11) is 0. The number of aromatic nitrogens is 2. The third-order valence-electron chi connectivity index (χ3n) is 2.83. The summed E-state index contributed by atoms with van der Waals surface area (Å²) in [6.45, 7) is 0.688. The van der Waals surface area contributed by atoms with Gasteiger partial charge >= 0.3 is 0 Å². The summed E-state index contributed by atoms with van der Waals surface area (Å²) in [6, 6.07) is 15.3. The second kappa shape index (κ2) is 4.41. The van der Waals surface area contributed by atoms with E-state index in [0.29, 0.717) is 6.54 Å². The summed E-state index contributed by atoms with van der Waals surface area (Å²) in [4.78, 5) is 1.68. The smallest absolute Gasteiger partial charge is 0.117 e. The Bertz CT molecular complexity index is 661. The Kier molecular flexibility index (Phi) is 2.61. The molecule has 0 saturated carbocycles. The molecule has 0 aliphatic heterocycles. The lowest BCUT2D eigenvalue weighted by Crippen LogP contribution is -2.15. The maximum absolute atomic E-state index is 9.49. The fourth-order valence-corrected chi connectivity index (χ4v) is 1.89. The summed E-state index contributed by atoms with van der Waals surface area (Å²) >= 11 is 0. The molecular weight excluding hydrogens is 226 g/mol. The molecule has 18 heavy (non-hydrogen) atoms. The monoisotopic (exact) mass is 239 g/mol. The van der Waals surface area contributed by atoms with E-state index in [1.807, 2.05) is 24.3 Å². The first-order chi connectivity index (χ1) is 8.83. The van der Waals surface area contributed by atoms with Crippen LogP contribution in [-0.2, 0) is 6.54 Å². The molecule has 0 amide bonds. The van der Waals surface area contributed by atoms with Crippen LogP contribution in [0.4, 0.5) is 0 Å². The minimum Gasteiger partial charge on any atom is -0.508 e. The second-order valence-electron chi connectivity index (χ2n) is 4.12. The molecule has 1 heterocycles. The first kappa shape index (κ1) is 10.7. The maximum Gasteiger partial charge on any atom is 0.117 e. The lowest BCUT2D eigenvalue weighted by Gasteiger charge is -2.07. The van der Waals surface area contributed by atoms with Crippen molar-refractivity contribution in [1.29, 1.82) is 0 Å². The van der Waals surface area contributed by atoms with E-state index in [1.165, 1.54) is 5.56 Å². The predicted octanol–water partition coefficient (Wildman–Crippen LogP) is 2.49. The minimum atomic E-state index is 0.241. The zero-order chi connectivity index (χ0) is 12.4. The lowest BCUT2D eigenvalue weighted by molar-refractivity contribution is 0.476. The molecule has 0 aliphatic rings. The van der Waals surface area contributed by atoms with Gasteiger partial charge in [0.1, 0.15) is 5.75 Å². The standard InChI is InChI=1S/C14H13N3O/c18-13-7-6-12-10-16-17(14(12)8-13)15-9-11-4-2-1-3-5-11/h1-8,10,15,18H,9H2. The number of hydrogen-bond donors (Lipinski definition) is 2. The highest BCUT2D eigenvalue weighted by molar-refractivity contribution is 5.80. The third kappa shape index (κ3) is 2.00. The van der Waals surface area contributed by atoms with Gasteiger partial charge < -0.3 is 10.5 Å². The van der Waals surface area contributed by atoms with Crippen LogP contribution in [0.1, 0.15) is 5.56 Å². The number of rotatable bonds is 3. The number of hydrogen-bond acceptors (Lipinski definition) is 3. The quantitative estimate of drug-likeness (QED) is 0.738. The first-order valence-corrected chi connectivity index (χ1v) is 5.77. The second-order valence-corrected chi connectivity index (χ2v) is 4.12. The summed E-state index contributed by atoms with van der Waals surface area (Å²) in [6.07, 6.45) is 1.77. The Morgan fingerprint density at radius 1 is 1.11 bits per heavy atom. The van der Waals surface area contributed by atoms with Gasteiger partial charge in [0.25, 0.3) is 0 Å². The van der Waals surface area contributed by atoms with Gasteiger partial charge in [-0.3, -0.25) is 0 Å². The minimum absolute atomic E-state index is 0.241. The number of phenols is 1. The Hall–Kier alpha value is -2.49. The van der Waals surface area contributed by atoms with Crippen LogP contribution in [0.3, 0.4) is 0 Å². The van der Waals surface area contributed by atoms with Crippen LogP contribution in [0.15, 0.2) is 54.7 Å². The van der Waals surface area contributed by atoms with Crippen molar-refractivity contribution in [2.45, 2.75) is 6.54 Å². The van der Waals surface area contributed by atoms with Crippen molar-refractivity contribution < 1.29 is 5.11 Å². The Morgan fingerprint density at radius 3 is 2.78 bits per heavy atom. The largest absolute Gasteiger partial charge is 0.508 e. The zero-order valence-corrected chi connectivity index (χ0v) is 9.74. The molecule has 4 heteroatoms. The van der Waals surface area contributed by atoms with E-state index >= 15 is 0 Å². The highest BCUT2D eigenvalue weighted by atomic mass is 16.3. The van der Waals surface area contributed by atoms with E-state index in [-0.39, 0.29) is 5.75 Å². The average molecular weight is 239 g/mol. The van der Waals surface area contributed by atoms with Crippen molar-refractivity contribution in [2.24, 2.45) is 0 Å². The van der Waals surface area contributed by atoms with Crippen molar-refractivity contribution >= 4 is 10.9 Å². The molecule has 0 radical (unpaired) electrons. The van der Waals surface area contributed by atoms with Crippen LogP contribution >= 0.6 is 0 Å². The normalized spacial score (nSPS) is 10.7. The van der Waals surface area contributed by atoms with Gasteiger partial charge in [-0.15, -0.1) is 0 Å². The van der Waals surface area contributed by atoms with Crippen molar-refractivity contribution in [2.75, 3.05) is 5.43 Å². The van der Waals surface area contributed by atoms with Crippen molar-refractivity contribution in [3.05, 3.63) is 60.3 Å². The van der Waals surface area contributed by atoms with E-state index in [9.17, 15) is 5.11 Å². The average Bonchev–Trinajstić information content (AvgIpc) is 2.80. The Balaban J connectivity index is 1.85. The van der Waals surface area contributed by atoms with Gasteiger partial charge in [0.15, 0.2) is 0 Å². The molecule has 0 spiro atoms. The van der Waals surface area contributed by atoms with E-state index in [0.717, 1.165) is 10.9 Å². The number of fused-ring (bicyclic) bond motifs is 1. The number of benzene rings is 2. The van der Waals surface area contributed by atoms with E-state index in [2.05, 4.69) is 22.7 Å². The van der Waals surface area contributed by atoms with Crippen LogP contribution in [0.25, 0.3) is 10.9 Å². The SMILES string of the molecule is Oc1ccc2cnn(NCc3ccccc3)c2c1. The molecule has 1 aromatic heterocycles. The Labute approximate surface area is 104 Å². The summed E-state index contributed by atoms with van der Waals surface area (Å²) in [5, 5.41) is 14.7. The number of nitrogens with one attached hydrogen (secondary N) is 1. The molecule has 0 aliphatic carbocycles. The van der Waals surface area contributed by atoms with Gasteiger partial charge in [0, 0.05) is 11.5 Å². The first-order valence-electron chi connectivity index (χ1n) is 5.77. The van der Waals surface area contributed by atoms with Gasteiger partial charge in [-0.05, 0) is 17.7 Å². The summed E-state index contributed by atoms with van der Waals surface area (Å²) in [5.74, 6) is 0.241. The molecule has 3 aromatic rings. The van der Waals surface area contributed by atoms with Crippen LogP contribution in [-0.4, -0.2) is 15.0 Å². The van der Waals surface area contributed by atoms with E-state index < -0.39 is 0 Å². The summed E-state index contributed by atoms with van der Waals surface area (Å²) < 4.78 is 0. The molecule has 0 saturated heterocycles. The fraction of sp³-hybridized carbons (Fsp3) is 0.0714. The molecular formula is C14H13N3O. The van der Waals surface area contributed by atoms with Crippen LogP contribution in [0.2, 0.25) is 0 Å². The molecule has 0 bridgehead atoms. The van der Waals surface area contributed by atoms with Crippen LogP contribution in [0, 0.1) is 0 Å². The van der Waals surface area contributed by atoms with Gasteiger partial charge in [-0.1, -0.05) is 30.3 Å². The molecule has 0 fully saturated rings. The van der Waals surface area contributed by atoms with E-state index in [1.54, 1.807) is 23.1 Å². The fourth-order valence-electron chi connectivity index (χ4n) is 1.89. The molecule has 0 atom stereocenters. The topological polar surface area (TPSA) is 50.1 Å². The molecule has 0 unspecified atom stereocenters. The highest BCUT2D eigenvalue weighted by Crippen LogP contribution is 2.18. The number of phenolic OH excluding ortho intramolecular Hbond substituents is 1. The van der Waals surface area contributed by atoms with Gasteiger partial charge in [0.2, 0.25) is 0 Å². The van der Waals surface area contributed by atoms with Gasteiger partial charge in [0.05, 0.1) is 18.3 Å². The Morgan fingerprint density at radius 2 is 1.94 bits per heavy atom. The third-order valence-corrected chi connectivity index (χ3v) is 2.83. The lowest BCUT2D eigenvalue weighted by atomic mass is 10.2. The van der Waals surface area contributed by atoms with E-state index in [4.69, 9.17) is 0 Å². The maximum atomic E-state index is 9.49. The molecule has 4 nitrogen and oxygen atoms in total. The van der Waals surface area contributed by atoms with Crippen molar-refractivity contribution in [3.63, 3.8) is 0 Å². The highest BCUT2D eigenvalue weighted by Gasteiger charge is 2.02. The number of nitrogens with zero attached hydrogens (tertiary/aromatic N) is 2. The molecule has 3 rings (SSSR count). The number of aromatic hydroxyl groups is 1. The van der Waals surface area contributed by atoms with Gasteiger partial charge in [-0.2, -0.15) is 9.89 Å². The van der Waals surface area contributed by atoms with Crippen LogP contribution < -0.4 is 5.43 Å². The van der Waals surface area contributed by atoms with Crippen LogP contribution in [0.5, 0.6) is 5.75 Å². The molecule has 90 valence electrons. The predicted molar refractivity (Wildman–Crippen MR) is 70.9 cm³/mol.